The Bertz CT molecular complexity index is 559. The summed E-state index contributed by atoms with van der Waals surface area (Å²) in [6, 6.07) is 6.89. The number of hydrogen-bond acceptors (Lipinski definition) is 2. The number of rotatable bonds is 4. The lowest BCUT2D eigenvalue weighted by Crippen LogP contribution is -2.39. The molecule has 0 spiro atoms. The molecule has 3 rings (SSSR count). The van der Waals surface area contributed by atoms with E-state index in [1.807, 2.05) is 17.9 Å². The molecule has 2 heterocycles. The molecule has 2 saturated heterocycles. The second kappa shape index (κ2) is 7.97. The molecule has 1 aromatic carbocycles. The monoisotopic (exact) mass is 333 g/mol. The van der Waals surface area contributed by atoms with Crippen LogP contribution < -0.4 is 5.32 Å². The molecule has 2 unspecified atom stereocenters. The minimum Gasteiger partial charge on any atom is -0.338 e. The van der Waals surface area contributed by atoms with Crippen LogP contribution in [0.1, 0.15) is 37.7 Å². The molecule has 2 atom stereocenters. The Morgan fingerprint density at radius 1 is 1.25 bits per heavy atom. The van der Waals surface area contributed by atoms with E-state index in [0.717, 1.165) is 31.7 Å². The highest BCUT2D eigenvalue weighted by molar-refractivity contribution is 5.74. The molecule has 24 heavy (non-hydrogen) atoms. The third kappa shape index (κ3) is 4.07. The maximum atomic E-state index is 13.7. The van der Waals surface area contributed by atoms with Crippen LogP contribution >= 0.6 is 0 Å². The van der Waals surface area contributed by atoms with Gasteiger partial charge in [0, 0.05) is 32.1 Å². The predicted octanol–water partition coefficient (Wildman–Crippen LogP) is 3.06. The Morgan fingerprint density at radius 3 is 2.75 bits per heavy atom. The Labute approximate surface area is 144 Å². The number of carbonyl (C=O) groups is 1. The molecule has 0 saturated carbocycles. The van der Waals surface area contributed by atoms with Crippen molar-refractivity contribution >= 4 is 6.03 Å². The van der Waals surface area contributed by atoms with Gasteiger partial charge in [0.25, 0.3) is 0 Å². The number of likely N-dealkylation sites (tertiary alicyclic amines) is 2. The highest BCUT2D eigenvalue weighted by Crippen LogP contribution is 2.34. The van der Waals surface area contributed by atoms with Gasteiger partial charge in [-0.1, -0.05) is 18.6 Å². The fourth-order valence-electron chi connectivity index (χ4n) is 4.07. The molecule has 132 valence electrons. The number of urea groups is 1. The highest BCUT2D eigenvalue weighted by atomic mass is 19.1. The molecular weight excluding hydrogens is 305 g/mol. The van der Waals surface area contributed by atoms with Crippen molar-refractivity contribution in [3.63, 3.8) is 0 Å². The Hall–Kier alpha value is -1.62. The molecule has 2 aliphatic rings. The summed E-state index contributed by atoms with van der Waals surface area (Å²) in [5.41, 5.74) is 1.02. The van der Waals surface area contributed by atoms with Gasteiger partial charge in [-0.2, -0.15) is 0 Å². The molecule has 2 aliphatic heterocycles. The standard InChI is InChI=1S/C19H28FN3O/c1-2-21-19(24)23-13-16(12-22-9-4-3-5-10-22)18(14-23)15-7-6-8-17(20)11-15/h6-8,11,16,18H,2-5,9-10,12-14H2,1H3,(H,21,24). The van der Waals surface area contributed by atoms with Crippen molar-refractivity contribution in [3.8, 4) is 0 Å². The molecular formula is C19H28FN3O. The van der Waals surface area contributed by atoms with Crippen LogP contribution in [0.3, 0.4) is 0 Å². The van der Waals surface area contributed by atoms with Gasteiger partial charge in [-0.25, -0.2) is 9.18 Å². The van der Waals surface area contributed by atoms with Gasteiger partial charge in [0.05, 0.1) is 0 Å². The third-order valence-corrected chi connectivity index (χ3v) is 5.27. The van der Waals surface area contributed by atoms with E-state index in [0.29, 0.717) is 19.0 Å². The second-order valence-electron chi connectivity index (χ2n) is 7.02. The van der Waals surface area contributed by atoms with Gasteiger partial charge < -0.3 is 15.1 Å². The first-order chi connectivity index (χ1) is 11.7. The average molecular weight is 333 g/mol. The molecule has 5 heteroatoms. The maximum absolute atomic E-state index is 13.7. The normalized spacial score (nSPS) is 25.0. The van der Waals surface area contributed by atoms with E-state index in [1.54, 1.807) is 12.1 Å². The van der Waals surface area contributed by atoms with Gasteiger partial charge in [0.15, 0.2) is 0 Å². The summed E-state index contributed by atoms with van der Waals surface area (Å²) in [6.07, 6.45) is 3.84. The zero-order valence-electron chi connectivity index (χ0n) is 14.5. The molecule has 1 aromatic rings. The Balaban J connectivity index is 1.74. The molecule has 0 bridgehead atoms. The van der Waals surface area contributed by atoms with Crippen molar-refractivity contribution in [1.82, 2.24) is 15.1 Å². The second-order valence-corrected chi connectivity index (χ2v) is 7.02. The number of hydrogen-bond donors (Lipinski definition) is 1. The van der Waals surface area contributed by atoms with E-state index in [2.05, 4.69) is 10.2 Å². The molecule has 1 N–H and O–H groups in total. The van der Waals surface area contributed by atoms with Crippen molar-refractivity contribution in [3.05, 3.63) is 35.6 Å². The van der Waals surface area contributed by atoms with Gasteiger partial charge >= 0.3 is 6.03 Å². The van der Waals surface area contributed by atoms with Crippen LogP contribution in [0.4, 0.5) is 9.18 Å². The molecule has 4 nitrogen and oxygen atoms in total. The smallest absolute Gasteiger partial charge is 0.317 e. The van der Waals surface area contributed by atoms with Crippen molar-refractivity contribution < 1.29 is 9.18 Å². The van der Waals surface area contributed by atoms with Crippen LogP contribution in [0, 0.1) is 11.7 Å². The molecule has 0 aromatic heterocycles. The number of nitrogens with zero attached hydrogens (tertiary/aromatic N) is 2. The molecule has 0 radical (unpaired) electrons. The first kappa shape index (κ1) is 17.2. The fourth-order valence-corrected chi connectivity index (χ4v) is 4.07. The summed E-state index contributed by atoms with van der Waals surface area (Å²) in [4.78, 5) is 16.7. The Morgan fingerprint density at radius 2 is 2.04 bits per heavy atom. The van der Waals surface area contributed by atoms with Gasteiger partial charge in [0.2, 0.25) is 0 Å². The number of benzene rings is 1. The topological polar surface area (TPSA) is 35.6 Å². The van der Waals surface area contributed by atoms with E-state index < -0.39 is 0 Å². The first-order valence-corrected chi connectivity index (χ1v) is 9.18. The van der Waals surface area contributed by atoms with Gasteiger partial charge in [-0.05, 0) is 56.5 Å². The summed E-state index contributed by atoms with van der Waals surface area (Å²) in [5, 5.41) is 2.89. The number of halogens is 1. The SMILES string of the molecule is CCNC(=O)N1CC(CN2CCCCC2)C(c2cccc(F)c2)C1. The number of piperidine rings is 1. The summed E-state index contributed by atoms with van der Waals surface area (Å²) in [6.45, 7) is 7.29. The van der Waals surface area contributed by atoms with Gasteiger partial charge in [-0.15, -0.1) is 0 Å². The first-order valence-electron chi connectivity index (χ1n) is 9.18. The predicted molar refractivity (Wildman–Crippen MR) is 93.6 cm³/mol. The minimum absolute atomic E-state index is 0.0000437. The number of nitrogens with one attached hydrogen (secondary N) is 1. The van der Waals surface area contributed by atoms with E-state index >= 15 is 0 Å². The van der Waals surface area contributed by atoms with Crippen LogP contribution in [-0.4, -0.2) is 55.1 Å². The lowest BCUT2D eigenvalue weighted by Gasteiger charge is -2.31. The van der Waals surface area contributed by atoms with E-state index in [-0.39, 0.29) is 17.8 Å². The summed E-state index contributed by atoms with van der Waals surface area (Å²) < 4.78 is 13.7. The van der Waals surface area contributed by atoms with E-state index in [9.17, 15) is 9.18 Å². The summed E-state index contributed by atoms with van der Waals surface area (Å²) in [5.74, 6) is 0.387. The zero-order valence-corrected chi connectivity index (χ0v) is 14.5. The lowest BCUT2D eigenvalue weighted by atomic mass is 9.88. The molecule has 0 aliphatic carbocycles. The third-order valence-electron chi connectivity index (χ3n) is 5.27. The zero-order chi connectivity index (χ0) is 16.9. The van der Waals surface area contributed by atoms with Crippen molar-refractivity contribution in [2.75, 3.05) is 39.3 Å². The van der Waals surface area contributed by atoms with Crippen LogP contribution in [0.15, 0.2) is 24.3 Å². The lowest BCUT2D eigenvalue weighted by molar-refractivity contribution is 0.185. The van der Waals surface area contributed by atoms with Gasteiger partial charge in [0.1, 0.15) is 5.82 Å². The fraction of sp³-hybridized carbons (Fsp3) is 0.632. The number of amides is 2. The van der Waals surface area contributed by atoms with Gasteiger partial charge in [-0.3, -0.25) is 0 Å². The van der Waals surface area contributed by atoms with Crippen molar-refractivity contribution in [2.24, 2.45) is 5.92 Å². The van der Waals surface area contributed by atoms with Crippen LogP contribution in [0.5, 0.6) is 0 Å². The van der Waals surface area contributed by atoms with Crippen molar-refractivity contribution in [1.29, 1.82) is 0 Å². The summed E-state index contributed by atoms with van der Waals surface area (Å²) >= 11 is 0. The largest absolute Gasteiger partial charge is 0.338 e. The summed E-state index contributed by atoms with van der Waals surface area (Å²) in [7, 11) is 0. The van der Waals surface area contributed by atoms with Crippen LogP contribution in [0.2, 0.25) is 0 Å². The Kier molecular flexibility index (Phi) is 5.72. The average Bonchev–Trinajstić information content (AvgIpc) is 3.00. The van der Waals surface area contributed by atoms with E-state index in [4.69, 9.17) is 0 Å². The van der Waals surface area contributed by atoms with Crippen molar-refractivity contribution in [2.45, 2.75) is 32.1 Å². The quantitative estimate of drug-likeness (QED) is 0.919. The van der Waals surface area contributed by atoms with E-state index in [1.165, 1.54) is 25.3 Å². The van der Waals surface area contributed by atoms with Crippen LogP contribution in [0.25, 0.3) is 0 Å². The maximum Gasteiger partial charge on any atom is 0.317 e. The number of carbonyl (C=O) groups excluding carboxylic acids is 1. The van der Waals surface area contributed by atoms with Crippen LogP contribution in [-0.2, 0) is 0 Å². The molecule has 2 fully saturated rings. The minimum atomic E-state index is -0.194. The highest BCUT2D eigenvalue weighted by Gasteiger charge is 2.37. The molecule has 2 amide bonds.